The van der Waals surface area contributed by atoms with Crippen molar-refractivity contribution in [3.05, 3.63) is 36.0 Å². The second-order valence-corrected chi connectivity index (χ2v) is 5.73. The number of benzene rings is 1. The van der Waals surface area contributed by atoms with Gasteiger partial charge in [0.15, 0.2) is 0 Å². The van der Waals surface area contributed by atoms with Gasteiger partial charge in [0.05, 0.1) is 0 Å². The maximum atomic E-state index is 5.94. The molecule has 0 radical (unpaired) electrons. The summed E-state index contributed by atoms with van der Waals surface area (Å²) in [6.07, 6.45) is 4.46. The Balaban J connectivity index is 2.34. The van der Waals surface area contributed by atoms with Gasteiger partial charge in [-0.15, -0.1) is 0 Å². The predicted molar refractivity (Wildman–Crippen MR) is 78.7 cm³/mol. The molecule has 0 spiro atoms. The van der Waals surface area contributed by atoms with Gasteiger partial charge in [0.25, 0.3) is 0 Å². The van der Waals surface area contributed by atoms with Crippen LogP contribution in [0, 0.1) is 5.92 Å². The third-order valence-corrected chi connectivity index (χ3v) is 3.36. The van der Waals surface area contributed by atoms with Crippen molar-refractivity contribution in [2.75, 3.05) is 0 Å². The molecule has 0 aliphatic heterocycles. The topological polar surface area (TPSA) is 30.9 Å². The molecule has 1 unspecified atom stereocenters. The lowest BCUT2D eigenvalue weighted by atomic mass is 10.1. The van der Waals surface area contributed by atoms with Crippen LogP contribution in [-0.2, 0) is 13.0 Å². The Morgan fingerprint density at radius 2 is 1.89 bits per heavy atom. The Labute approximate surface area is 110 Å². The summed E-state index contributed by atoms with van der Waals surface area (Å²) in [5.74, 6) is 0.739. The molecular weight excluding hydrogens is 220 g/mol. The van der Waals surface area contributed by atoms with E-state index in [9.17, 15) is 0 Å². The Morgan fingerprint density at radius 3 is 2.56 bits per heavy atom. The standard InChI is InChI=1S/C16H24N2/c1-12(2)8-9-18-11-14(10-13(3)17)15-6-4-5-7-16(15)18/h4-7,11-13H,8-10,17H2,1-3H3. The van der Waals surface area contributed by atoms with Gasteiger partial charge in [0.2, 0.25) is 0 Å². The average Bonchev–Trinajstić information content (AvgIpc) is 2.65. The second kappa shape index (κ2) is 5.57. The first-order valence-electron chi connectivity index (χ1n) is 6.90. The lowest BCUT2D eigenvalue weighted by Crippen LogP contribution is -2.17. The molecule has 0 saturated carbocycles. The lowest BCUT2D eigenvalue weighted by Gasteiger charge is -2.07. The van der Waals surface area contributed by atoms with E-state index in [2.05, 4.69) is 55.8 Å². The Hall–Kier alpha value is -1.28. The first kappa shape index (κ1) is 13.2. The summed E-state index contributed by atoms with van der Waals surface area (Å²) in [5.41, 5.74) is 8.66. The molecule has 1 atom stereocenters. The fourth-order valence-electron chi connectivity index (χ4n) is 2.41. The number of nitrogens with zero attached hydrogens (tertiary/aromatic N) is 1. The van der Waals surface area contributed by atoms with Crippen molar-refractivity contribution >= 4 is 10.9 Å². The molecule has 0 saturated heterocycles. The zero-order valence-corrected chi connectivity index (χ0v) is 11.7. The number of aromatic nitrogens is 1. The average molecular weight is 244 g/mol. The van der Waals surface area contributed by atoms with Gasteiger partial charge < -0.3 is 10.3 Å². The predicted octanol–water partition coefficient (Wildman–Crippen LogP) is 3.58. The quantitative estimate of drug-likeness (QED) is 0.856. The molecule has 2 aromatic rings. The van der Waals surface area contributed by atoms with Crippen molar-refractivity contribution < 1.29 is 0 Å². The molecule has 2 heteroatoms. The van der Waals surface area contributed by atoms with Gasteiger partial charge in [-0.1, -0.05) is 32.0 Å². The summed E-state index contributed by atoms with van der Waals surface area (Å²) >= 11 is 0. The van der Waals surface area contributed by atoms with Crippen LogP contribution in [0.4, 0.5) is 0 Å². The minimum Gasteiger partial charge on any atom is -0.347 e. The molecule has 0 bridgehead atoms. The number of para-hydroxylation sites is 1. The van der Waals surface area contributed by atoms with Crippen molar-refractivity contribution in [1.82, 2.24) is 4.57 Å². The molecule has 1 aromatic heterocycles. The third kappa shape index (κ3) is 2.94. The summed E-state index contributed by atoms with van der Waals surface area (Å²) in [5, 5.41) is 1.36. The van der Waals surface area contributed by atoms with Crippen LogP contribution in [0.15, 0.2) is 30.5 Å². The number of hydrogen-bond donors (Lipinski definition) is 1. The van der Waals surface area contributed by atoms with Crippen LogP contribution in [0.3, 0.4) is 0 Å². The monoisotopic (exact) mass is 244 g/mol. The van der Waals surface area contributed by atoms with E-state index in [0.29, 0.717) is 0 Å². The third-order valence-electron chi connectivity index (χ3n) is 3.36. The zero-order chi connectivity index (χ0) is 13.1. The molecule has 0 aliphatic rings. The van der Waals surface area contributed by atoms with Crippen LogP contribution < -0.4 is 5.73 Å². The van der Waals surface area contributed by atoms with Crippen LogP contribution in [-0.4, -0.2) is 10.6 Å². The van der Waals surface area contributed by atoms with Gasteiger partial charge in [0, 0.05) is 29.7 Å². The first-order chi connectivity index (χ1) is 8.58. The zero-order valence-electron chi connectivity index (χ0n) is 11.7. The molecule has 1 heterocycles. The molecule has 2 N–H and O–H groups in total. The van der Waals surface area contributed by atoms with E-state index in [1.807, 2.05) is 0 Å². The first-order valence-corrected chi connectivity index (χ1v) is 6.90. The Bertz CT molecular complexity index is 509. The minimum atomic E-state index is 0.217. The summed E-state index contributed by atoms with van der Waals surface area (Å²) in [6.45, 7) is 7.71. The summed E-state index contributed by atoms with van der Waals surface area (Å²) < 4.78 is 2.38. The molecule has 18 heavy (non-hydrogen) atoms. The number of fused-ring (bicyclic) bond motifs is 1. The fourth-order valence-corrected chi connectivity index (χ4v) is 2.41. The number of nitrogens with two attached hydrogens (primary N) is 1. The number of aryl methyl sites for hydroxylation is 1. The van der Waals surface area contributed by atoms with E-state index >= 15 is 0 Å². The molecule has 98 valence electrons. The highest BCUT2D eigenvalue weighted by Crippen LogP contribution is 2.23. The van der Waals surface area contributed by atoms with Crippen LogP contribution in [0.5, 0.6) is 0 Å². The molecule has 0 amide bonds. The van der Waals surface area contributed by atoms with Crippen LogP contribution in [0.2, 0.25) is 0 Å². The SMILES string of the molecule is CC(C)CCn1cc(CC(C)N)c2ccccc21. The highest BCUT2D eigenvalue weighted by atomic mass is 15.0. The molecular formula is C16H24N2. The van der Waals surface area contributed by atoms with Crippen molar-refractivity contribution in [2.45, 2.75) is 46.2 Å². The number of hydrogen-bond acceptors (Lipinski definition) is 1. The second-order valence-electron chi connectivity index (χ2n) is 5.73. The van der Waals surface area contributed by atoms with E-state index in [-0.39, 0.29) is 6.04 Å². The largest absolute Gasteiger partial charge is 0.347 e. The minimum absolute atomic E-state index is 0.217. The molecule has 2 rings (SSSR count). The summed E-state index contributed by atoms with van der Waals surface area (Å²) in [4.78, 5) is 0. The van der Waals surface area contributed by atoms with Gasteiger partial charge in [-0.25, -0.2) is 0 Å². The highest BCUT2D eigenvalue weighted by molar-refractivity contribution is 5.84. The lowest BCUT2D eigenvalue weighted by molar-refractivity contribution is 0.523. The summed E-state index contributed by atoms with van der Waals surface area (Å²) in [6, 6.07) is 8.86. The van der Waals surface area contributed by atoms with E-state index < -0.39 is 0 Å². The van der Waals surface area contributed by atoms with Crippen molar-refractivity contribution in [3.63, 3.8) is 0 Å². The number of rotatable bonds is 5. The normalized spacial score (nSPS) is 13.4. The summed E-state index contributed by atoms with van der Waals surface area (Å²) in [7, 11) is 0. The van der Waals surface area contributed by atoms with Crippen molar-refractivity contribution in [2.24, 2.45) is 11.7 Å². The Morgan fingerprint density at radius 1 is 1.17 bits per heavy atom. The van der Waals surface area contributed by atoms with Gasteiger partial charge in [-0.3, -0.25) is 0 Å². The maximum Gasteiger partial charge on any atom is 0.0483 e. The van der Waals surface area contributed by atoms with Crippen LogP contribution in [0.1, 0.15) is 32.8 Å². The van der Waals surface area contributed by atoms with E-state index in [0.717, 1.165) is 18.9 Å². The van der Waals surface area contributed by atoms with Crippen molar-refractivity contribution in [3.8, 4) is 0 Å². The van der Waals surface area contributed by atoms with Gasteiger partial charge in [-0.05, 0) is 37.3 Å². The highest BCUT2D eigenvalue weighted by Gasteiger charge is 2.09. The van der Waals surface area contributed by atoms with Gasteiger partial charge in [-0.2, -0.15) is 0 Å². The molecule has 0 aliphatic carbocycles. The van der Waals surface area contributed by atoms with Crippen molar-refractivity contribution in [1.29, 1.82) is 0 Å². The Kier molecular flexibility index (Phi) is 4.07. The van der Waals surface area contributed by atoms with Gasteiger partial charge in [0.1, 0.15) is 0 Å². The van der Waals surface area contributed by atoms with E-state index in [1.54, 1.807) is 0 Å². The molecule has 1 aromatic carbocycles. The smallest absolute Gasteiger partial charge is 0.0483 e. The maximum absolute atomic E-state index is 5.94. The van der Waals surface area contributed by atoms with E-state index in [4.69, 9.17) is 5.73 Å². The molecule has 2 nitrogen and oxygen atoms in total. The van der Waals surface area contributed by atoms with Crippen LogP contribution in [0.25, 0.3) is 10.9 Å². The van der Waals surface area contributed by atoms with Crippen LogP contribution >= 0.6 is 0 Å². The molecule has 0 fully saturated rings. The fraction of sp³-hybridized carbons (Fsp3) is 0.500. The van der Waals surface area contributed by atoms with E-state index in [1.165, 1.54) is 22.9 Å². The van der Waals surface area contributed by atoms with Gasteiger partial charge >= 0.3 is 0 Å².